The van der Waals surface area contributed by atoms with Crippen LogP contribution >= 0.6 is 11.6 Å². The van der Waals surface area contributed by atoms with E-state index in [4.69, 9.17) is 16.3 Å². The van der Waals surface area contributed by atoms with Gasteiger partial charge in [-0.1, -0.05) is 28.8 Å². The molecule has 0 saturated carbocycles. The molecule has 2 aromatic rings. The van der Waals surface area contributed by atoms with Crippen LogP contribution in [0.25, 0.3) is 0 Å². The fourth-order valence-electron chi connectivity index (χ4n) is 3.29. The Kier molecular flexibility index (Phi) is 5.43. The van der Waals surface area contributed by atoms with E-state index in [1.54, 1.807) is 12.1 Å². The van der Waals surface area contributed by atoms with E-state index in [0.29, 0.717) is 23.1 Å². The minimum atomic E-state index is 0.407. The number of carbonyl (C=O) groups excluding carboxylic acids is 1. The first-order valence-corrected chi connectivity index (χ1v) is 8.64. The van der Waals surface area contributed by atoms with Crippen LogP contribution in [-0.4, -0.2) is 42.7 Å². The number of likely N-dealkylation sites (tertiary alicyclic amines) is 1. The van der Waals surface area contributed by atoms with Crippen molar-refractivity contribution in [2.75, 3.05) is 26.2 Å². The average Bonchev–Trinajstić information content (AvgIpc) is 2.63. The lowest BCUT2D eigenvalue weighted by molar-refractivity contribution is 0.111. The Hall–Kier alpha value is -1.98. The van der Waals surface area contributed by atoms with Gasteiger partial charge in [0.15, 0.2) is 11.4 Å². The zero-order chi connectivity index (χ0) is 16.8. The summed E-state index contributed by atoms with van der Waals surface area (Å²) in [5.41, 5.74) is 0.578. The fraction of sp³-hybridized carbons (Fsp3) is 0.389. The summed E-state index contributed by atoms with van der Waals surface area (Å²) in [6, 6.07) is 11.0. The molecule has 1 saturated heterocycles. The Morgan fingerprint density at radius 2 is 1.88 bits per heavy atom. The Balaban J connectivity index is 1.73. The van der Waals surface area contributed by atoms with Gasteiger partial charge in [-0.3, -0.25) is 9.28 Å². The largest absolute Gasteiger partial charge is 0.487 e. The number of piperidine rings is 1. The maximum atomic E-state index is 11.1. The van der Waals surface area contributed by atoms with E-state index >= 15 is 0 Å². The number of quaternary nitrogens is 1. The second-order valence-corrected chi connectivity index (χ2v) is 6.48. The van der Waals surface area contributed by atoms with Crippen LogP contribution in [0, 0.1) is 0 Å². The number of aldehydes is 1. The molecule has 6 heteroatoms. The van der Waals surface area contributed by atoms with Gasteiger partial charge in [-0.2, -0.15) is 0 Å². The van der Waals surface area contributed by atoms with Gasteiger partial charge in [0.05, 0.1) is 18.7 Å². The van der Waals surface area contributed by atoms with Gasteiger partial charge in [-0.15, -0.1) is 5.10 Å². The van der Waals surface area contributed by atoms with Crippen LogP contribution in [0.3, 0.4) is 0 Å². The van der Waals surface area contributed by atoms with E-state index in [0.717, 1.165) is 49.1 Å². The number of rotatable bonds is 6. The highest BCUT2D eigenvalue weighted by Gasteiger charge is 2.34. The van der Waals surface area contributed by atoms with Gasteiger partial charge in [-0.05, 0) is 37.5 Å². The lowest BCUT2D eigenvalue weighted by Gasteiger charge is -2.39. The van der Waals surface area contributed by atoms with Gasteiger partial charge in [0.1, 0.15) is 18.9 Å². The van der Waals surface area contributed by atoms with E-state index in [-0.39, 0.29) is 0 Å². The Morgan fingerprint density at radius 1 is 1.08 bits per heavy atom. The summed E-state index contributed by atoms with van der Waals surface area (Å²) in [7, 11) is 0. The Morgan fingerprint density at radius 3 is 2.58 bits per heavy atom. The maximum absolute atomic E-state index is 11.1. The van der Waals surface area contributed by atoms with Crippen molar-refractivity contribution in [2.24, 2.45) is 0 Å². The van der Waals surface area contributed by atoms with E-state index in [2.05, 4.69) is 10.2 Å². The van der Waals surface area contributed by atoms with E-state index < -0.39 is 0 Å². The summed E-state index contributed by atoms with van der Waals surface area (Å²) in [4.78, 5) is 11.1. The number of hydrogen-bond donors (Lipinski definition) is 0. The number of aromatic nitrogens is 2. The van der Waals surface area contributed by atoms with Crippen molar-refractivity contribution in [3.05, 3.63) is 47.1 Å². The number of para-hydroxylation sites is 1. The molecule has 1 fully saturated rings. The molecule has 0 N–H and O–H groups in total. The number of halogens is 1. The van der Waals surface area contributed by atoms with Gasteiger partial charge in [0, 0.05) is 6.07 Å². The molecule has 0 bridgehead atoms. The minimum absolute atomic E-state index is 0.407. The standard InChI is InChI=1S/C18H21ClN3O2/c19-17-8-9-18(21-20-17)22(10-4-1-5-11-22)12-13-24-16-7-3-2-6-15(16)14-23/h2-3,6-9,14H,1,4-5,10-13H2/q+1. The fourth-order valence-corrected chi connectivity index (χ4v) is 3.39. The van der Waals surface area contributed by atoms with Crippen molar-refractivity contribution in [2.45, 2.75) is 19.3 Å². The molecule has 24 heavy (non-hydrogen) atoms. The highest BCUT2D eigenvalue weighted by atomic mass is 35.5. The van der Waals surface area contributed by atoms with Gasteiger partial charge in [-0.25, -0.2) is 0 Å². The first-order chi connectivity index (χ1) is 11.7. The van der Waals surface area contributed by atoms with Crippen molar-refractivity contribution in [3.63, 3.8) is 0 Å². The topological polar surface area (TPSA) is 52.1 Å². The third kappa shape index (κ3) is 3.74. The minimum Gasteiger partial charge on any atom is -0.487 e. The van der Waals surface area contributed by atoms with E-state index in [1.165, 1.54) is 6.42 Å². The SMILES string of the molecule is O=Cc1ccccc1OCC[N+]1(c2ccc(Cl)nn2)CCCCC1. The second-order valence-electron chi connectivity index (χ2n) is 6.10. The molecule has 0 radical (unpaired) electrons. The third-order valence-corrected chi connectivity index (χ3v) is 4.80. The summed E-state index contributed by atoms with van der Waals surface area (Å²) < 4.78 is 6.64. The molecule has 5 nitrogen and oxygen atoms in total. The van der Waals surface area contributed by atoms with Crippen LogP contribution in [0.1, 0.15) is 29.6 Å². The molecule has 0 unspecified atom stereocenters. The smallest absolute Gasteiger partial charge is 0.247 e. The maximum Gasteiger partial charge on any atom is 0.247 e. The van der Waals surface area contributed by atoms with Crippen LogP contribution in [0.15, 0.2) is 36.4 Å². The molecule has 0 atom stereocenters. The van der Waals surface area contributed by atoms with Crippen LogP contribution < -0.4 is 9.22 Å². The summed E-state index contributed by atoms with van der Waals surface area (Å²) >= 11 is 5.88. The van der Waals surface area contributed by atoms with E-state index in [9.17, 15) is 4.79 Å². The molecule has 1 aliphatic heterocycles. The zero-order valence-electron chi connectivity index (χ0n) is 13.5. The number of benzene rings is 1. The normalized spacial score (nSPS) is 16.5. The average molecular weight is 347 g/mol. The molecule has 1 aromatic carbocycles. The molecule has 126 valence electrons. The summed E-state index contributed by atoms with van der Waals surface area (Å²) in [5, 5.41) is 8.73. The predicted molar refractivity (Wildman–Crippen MR) is 94.6 cm³/mol. The van der Waals surface area contributed by atoms with Crippen molar-refractivity contribution < 1.29 is 9.53 Å². The number of hydrogen-bond acceptors (Lipinski definition) is 4. The van der Waals surface area contributed by atoms with Gasteiger partial charge < -0.3 is 4.74 Å². The molecule has 0 amide bonds. The zero-order valence-corrected chi connectivity index (χ0v) is 14.3. The molecular formula is C18H21ClN3O2+. The van der Waals surface area contributed by atoms with Crippen molar-refractivity contribution in [1.82, 2.24) is 14.7 Å². The number of ether oxygens (including phenoxy) is 1. The highest BCUT2D eigenvalue weighted by Crippen LogP contribution is 2.27. The van der Waals surface area contributed by atoms with Crippen LogP contribution in [0.4, 0.5) is 5.82 Å². The number of carbonyl (C=O) groups is 1. The predicted octanol–water partition coefficient (Wildman–Crippen LogP) is 3.51. The highest BCUT2D eigenvalue weighted by molar-refractivity contribution is 6.29. The summed E-state index contributed by atoms with van der Waals surface area (Å²) in [6.07, 6.45) is 4.39. The third-order valence-electron chi connectivity index (χ3n) is 4.60. The van der Waals surface area contributed by atoms with Gasteiger partial charge in [0.25, 0.3) is 0 Å². The molecule has 1 aliphatic rings. The van der Waals surface area contributed by atoms with Crippen LogP contribution in [-0.2, 0) is 0 Å². The van der Waals surface area contributed by atoms with Crippen molar-refractivity contribution in [3.8, 4) is 5.75 Å². The monoisotopic (exact) mass is 346 g/mol. The lowest BCUT2D eigenvalue weighted by atomic mass is 10.1. The number of nitrogens with zero attached hydrogens (tertiary/aromatic N) is 3. The van der Waals surface area contributed by atoms with Crippen LogP contribution in [0.2, 0.25) is 5.15 Å². The Labute approximate surface area is 146 Å². The van der Waals surface area contributed by atoms with Gasteiger partial charge >= 0.3 is 0 Å². The molecule has 3 rings (SSSR count). The molecular weight excluding hydrogens is 326 g/mol. The lowest BCUT2D eigenvalue weighted by Crippen LogP contribution is -2.55. The molecule has 2 heterocycles. The summed E-state index contributed by atoms with van der Waals surface area (Å²) in [5.74, 6) is 1.57. The second kappa shape index (κ2) is 7.73. The molecule has 0 aliphatic carbocycles. The van der Waals surface area contributed by atoms with E-state index in [1.807, 2.05) is 24.3 Å². The first-order valence-electron chi connectivity index (χ1n) is 8.26. The quantitative estimate of drug-likeness (QED) is 0.593. The van der Waals surface area contributed by atoms with Crippen LogP contribution in [0.5, 0.6) is 5.75 Å². The first kappa shape index (κ1) is 16.9. The molecule has 0 spiro atoms. The Bertz CT molecular complexity index is 685. The van der Waals surface area contributed by atoms with Crippen molar-refractivity contribution >= 4 is 23.7 Å². The summed E-state index contributed by atoms with van der Waals surface area (Å²) in [6.45, 7) is 3.36. The van der Waals surface area contributed by atoms with Crippen molar-refractivity contribution in [1.29, 1.82) is 0 Å². The van der Waals surface area contributed by atoms with Gasteiger partial charge in [0.2, 0.25) is 5.82 Å². The molecule has 1 aromatic heterocycles.